The number of nitrogens with zero attached hydrogens (tertiary/aromatic N) is 4. The third-order valence-electron chi connectivity index (χ3n) is 5.64. The standard InChI is InChI=1S/C21H28N4O2/c1-3-20(26)18-12-17-13-23(9-10-25(17)22-18)14-21(27)24-8-4-5-16-11-15(2)6-7-19(16)24/h6-7,11-12,20,26H,3-5,8-10,13-14H2,1-2H3/t20-/m0/s1. The maximum Gasteiger partial charge on any atom is 0.241 e. The van der Waals surface area contributed by atoms with E-state index in [1.165, 1.54) is 11.1 Å². The van der Waals surface area contributed by atoms with Crippen LogP contribution in [-0.2, 0) is 24.3 Å². The Morgan fingerprint density at radius 2 is 2.11 bits per heavy atom. The summed E-state index contributed by atoms with van der Waals surface area (Å²) in [7, 11) is 0. The molecule has 0 bridgehead atoms. The van der Waals surface area contributed by atoms with E-state index in [0.29, 0.717) is 19.5 Å². The quantitative estimate of drug-likeness (QED) is 0.900. The Kier molecular flexibility index (Phi) is 5.02. The molecule has 6 heteroatoms. The van der Waals surface area contributed by atoms with E-state index >= 15 is 0 Å². The molecule has 3 heterocycles. The molecule has 2 aliphatic rings. The van der Waals surface area contributed by atoms with Crippen LogP contribution in [0.1, 0.15) is 48.4 Å². The molecule has 0 radical (unpaired) electrons. The number of amides is 1. The van der Waals surface area contributed by atoms with Crippen LogP contribution in [0.4, 0.5) is 5.69 Å². The lowest BCUT2D eigenvalue weighted by atomic mass is 9.99. The first-order valence-electron chi connectivity index (χ1n) is 9.92. The fraction of sp³-hybridized carbons (Fsp3) is 0.524. The first-order valence-corrected chi connectivity index (χ1v) is 9.92. The molecule has 144 valence electrons. The van der Waals surface area contributed by atoms with Crippen LogP contribution < -0.4 is 4.90 Å². The summed E-state index contributed by atoms with van der Waals surface area (Å²) < 4.78 is 1.97. The molecular formula is C21H28N4O2. The Morgan fingerprint density at radius 1 is 1.26 bits per heavy atom. The zero-order valence-corrected chi connectivity index (χ0v) is 16.2. The first-order chi connectivity index (χ1) is 13.0. The van der Waals surface area contributed by atoms with Crippen LogP contribution in [-0.4, -0.2) is 45.3 Å². The second-order valence-corrected chi connectivity index (χ2v) is 7.70. The molecule has 0 saturated carbocycles. The molecule has 6 nitrogen and oxygen atoms in total. The molecule has 4 rings (SSSR count). The van der Waals surface area contributed by atoms with Gasteiger partial charge in [-0.3, -0.25) is 14.4 Å². The number of aromatic nitrogens is 2. The highest BCUT2D eigenvalue weighted by molar-refractivity contribution is 5.96. The molecule has 1 aromatic carbocycles. The van der Waals surface area contributed by atoms with Crippen molar-refractivity contribution in [2.24, 2.45) is 0 Å². The van der Waals surface area contributed by atoms with Crippen LogP contribution in [0.15, 0.2) is 24.3 Å². The summed E-state index contributed by atoms with van der Waals surface area (Å²) in [6.45, 7) is 7.53. The molecule has 0 saturated heterocycles. The zero-order chi connectivity index (χ0) is 19.0. The van der Waals surface area contributed by atoms with Gasteiger partial charge in [0, 0.05) is 25.3 Å². The minimum Gasteiger partial charge on any atom is -0.387 e. The molecular weight excluding hydrogens is 340 g/mol. The van der Waals surface area contributed by atoms with Crippen molar-refractivity contribution in [1.29, 1.82) is 0 Å². The number of fused-ring (bicyclic) bond motifs is 2. The van der Waals surface area contributed by atoms with Crippen LogP contribution in [0.5, 0.6) is 0 Å². The number of rotatable bonds is 4. The van der Waals surface area contributed by atoms with Gasteiger partial charge in [0.05, 0.1) is 30.6 Å². The minimum atomic E-state index is -0.508. The first kappa shape index (κ1) is 18.2. The van der Waals surface area contributed by atoms with E-state index in [-0.39, 0.29) is 5.91 Å². The van der Waals surface area contributed by atoms with E-state index in [1.807, 2.05) is 22.6 Å². The topological polar surface area (TPSA) is 61.6 Å². The SMILES string of the molecule is CC[C@H](O)c1cc2n(n1)CCN(CC(=O)N1CCCc3cc(C)ccc31)C2. The molecule has 1 aromatic heterocycles. The van der Waals surface area contributed by atoms with E-state index in [4.69, 9.17) is 0 Å². The van der Waals surface area contributed by atoms with Crippen molar-refractivity contribution in [2.45, 2.75) is 52.3 Å². The fourth-order valence-corrected chi connectivity index (χ4v) is 4.11. The number of aryl methyl sites for hydroxylation is 2. The summed E-state index contributed by atoms with van der Waals surface area (Å²) in [5, 5.41) is 14.5. The maximum absolute atomic E-state index is 13.0. The van der Waals surface area contributed by atoms with E-state index in [1.54, 1.807) is 0 Å². The summed E-state index contributed by atoms with van der Waals surface area (Å²) in [5.74, 6) is 0.168. The Morgan fingerprint density at radius 3 is 2.93 bits per heavy atom. The number of aliphatic hydroxyl groups is 1. The van der Waals surface area contributed by atoms with Crippen molar-refractivity contribution in [3.05, 3.63) is 46.8 Å². The predicted molar refractivity (Wildman–Crippen MR) is 105 cm³/mol. The minimum absolute atomic E-state index is 0.168. The smallest absolute Gasteiger partial charge is 0.241 e. The van der Waals surface area contributed by atoms with Gasteiger partial charge in [0.1, 0.15) is 0 Å². The molecule has 1 atom stereocenters. The van der Waals surface area contributed by atoms with Gasteiger partial charge in [0.25, 0.3) is 0 Å². The average molecular weight is 368 g/mol. The summed E-state index contributed by atoms with van der Waals surface area (Å²) in [5.41, 5.74) is 5.42. The van der Waals surface area contributed by atoms with Crippen LogP contribution in [0.25, 0.3) is 0 Å². The number of hydrogen-bond acceptors (Lipinski definition) is 4. The van der Waals surface area contributed by atoms with Gasteiger partial charge < -0.3 is 10.0 Å². The molecule has 1 amide bonds. The average Bonchev–Trinajstić information content (AvgIpc) is 3.10. The highest BCUT2D eigenvalue weighted by Gasteiger charge is 2.26. The van der Waals surface area contributed by atoms with Gasteiger partial charge in [0.2, 0.25) is 5.91 Å². The van der Waals surface area contributed by atoms with Crippen molar-refractivity contribution in [3.63, 3.8) is 0 Å². The van der Waals surface area contributed by atoms with Crippen LogP contribution >= 0.6 is 0 Å². The highest BCUT2D eigenvalue weighted by Crippen LogP contribution is 2.28. The Labute approximate surface area is 160 Å². The van der Waals surface area contributed by atoms with Gasteiger partial charge >= 0.3 is 0 Å². The van der Waals surface area contributed by atoms with Gasteiger partial charge in [-0.15, -0.1) is 0 Å². The summed E-state index contributed by atoms with van der Waals surface area (Å²) in [4.78, 5) is 17.1. The highest BCUT2D eigenvalue weighted by atomic mass is 16.3. The van der Waals surface area contributed by atoms with Crippen molar-refractivity contribution in [1.82, 2.24) is 14.7 Å². The number of benzene rings is 1. The van der Waals surface area contributed by atoms with Crippen LogP contribution in [0.3, 0.4) is 0 Å². The Bertz CT molecular complexity index is 845. The molecule has 27 heavy (non-hydrogen) atoms. The molecule has 2 aliphatic heterocycles. The van der Waals surface area contributed by atoms with Gasteiger partial charge in [0.15, 0.2) is 0 Å². The number of hydrogen-bond donors (Lipinski definition) is 1. The van der Waals surface area contributed by atoms with E-state index in [9.17, 15) is 9.90 Å². The number of carbonyl (C=O) groups excluding carboxylic acids is 1. The second-order valence-electron chi connectivity index (χ2n) is 7.70. The number of anilines is 1. The van der Waals surface area contributed by atoms with Crippen molar-refractivity contribution < 1.29 is 9.90 Å². The fourth-order valence-electron chi connectivity index (χ4n) is 4.11. The predicted octanol–water partition coefficient (Wildman–Crippen LogP) is 2.43. The third kappa shape index (κ3) is 3.64. The molecule has 2 aromatic rings. The molecule has 0 unspecified atom stereocenters. The summed E-state index contributed by atoms with van der Waals surface area (Å²) >= 11 is 0. The largest absolute Gasteiger partial charge is 0.387 e. The Balaban J connectivity index is 1.45. The number of aliphatic hydroxyl groups excluding tert-OH is 1. The number of carbonyl (C=O) groups is 1. The molecule has 0 spiro atoms. The van der Waals surface area contributed by atoms with Crippen molar-refractivity contribution in [2.75, 3.05) is 24.5 Å². The van der Waals surface area contributed by atoms with Gasteiger partial charge in [-0.1, -0.05) is 24.6 Å². The maximum atomic E-state index is 13.0. The summed E-state index contributed by atoms with van der Waals surface area (Å²) in [6.07, 6.45) is 2.22. The van der Waals surface area contributed by atoms with Crippen molar-refractivity contribution in [3.8, 4) is 0 Å². The molecule has 1 N–H and O–H groups in total. The molecule has 0 aliphatic carbocycles. The van der Waals surface area contributed by atoms with Gasteiger partial charge in [-0.05, 0) is 43.9 Å². The van der Waals surface area contributed by atoms with Crippen LogP contribution in [0, 0.1) is 6.92 Å². The van der Waals surface area contributed by atoms with Crippen LogP contribution in [0.2, 0.25) is 0 Å². The molecule has 0 fully saturated rings. The third-order valence-corrected chi connectivity index (χ3v) is 5.64. The lowest BCUT2D eigenvalue weighted by molar-refractivity contribution is -0.120. The summed E-state index contributed by atoms with van der Waals surface area (Å²) in [6, 6.07) is 8.36. The zero-order valence-electron chi connectivity index (χ0n) is 16.2. The van der Waals surface area contributed by atoms with Gasteiger partial charge in [-0.2, -0.15) is 5.10 Å². The van der Waals surface area contributed by atoms with Gasteiger partial charge in [-0.25, -0.2) is 0 Å². The van der Waals surface area contributed by atoms with Crippen molar-refractivity contribution >= 4 is 11.6 Å². The van der Waals surface area contributed by atoms with E-state index < -0.39 is 6.10 Å². The normalized spacial score (nSPS) is 18.1. The lowest BCUT2D eigenvalue weighted by Gasteiger charge is -2.33. The van der Waals surface area contributed by atoms with E-state index in [0.717, 1.165) is 49.6 Å². The second kappa shape index (κ2) is 7.44. The monoisotopic (exact) mass is 368 g/mol. The van der Waals surface area contributed by atoms with E-state index in [2.05, 4.69) is 35.1 Å². The lowest BCUT2D eigenvalue weighted by Crippen LogP contribution is -2.45. The Hall–Kier alpha value is -2.18.